The third kappa shape index (κ3) is 4.35. The molecule has 2 nitrogen and oxygen atoms in total. The minimum absolute atomic E-state index is 0.149. The van der Waals surface area contributed by atoms with Crippen LogP contribution in [-0.2, 0) is 13.0 Å². The third-order valence-corrected chi connectivity index (χ3v) is 5.10. The number of hydrogen-bond donors (Lipinski definition) is 1. The van der Waals surface area contributed by atoms with E-state index in [1.165, 1.54) is 17.7 Å². The molecule has 0 unspecified atom stereocenters. The molecule has 0 saturated carbocycles. The number of benzene rings is 2. The Hall–Kier alpha value is -1.42. The van der Waals surface area contributed by atoms with E-state index in [-0.39, 0.29) is 17.8 Å². The summed E-state index contributed by atoms with van der Waals surface area (Å²) >= 11 is 6.08. The van der Waals surface area contributed by atoms with Crippen LogP contribution in [0.2, 0.25) is 5.02 Å². The maximum atomic E-state index is 13.1. The molecule has 2 aromatic carbocycles. The largest absolute Gasteiger partial charge is 0.396 e. The molecular formula is C20H23ClFNO. The maximum Gasteiger partial charge on any atom is 0.123 e. The van der Waals surface area contributed by atoms with Gasteiger partial charge in [-0.1, -0.05) is 35.9 Å². The highest BCUT2D eigenvalue weighted by Crippen LogP contribution is 2.34. The van der Waals surface area contributed by atoms with Crippen molar-refractivity contribution in [3.05, 3.63) is 70.5 Å². The first kappa shape index (κ1) is 17.4. The van der Waals surface area contributed by atoms with Crippen molar-refractivity contribution in [1.82, 2.24) is 4.90 Å². The van der Waals surface area contributed by atoms with Crippen LogP contribution in [0.3, 0.4) is 0 Å². The lowest BCUT2D eigenvalue weighted by Crippen LogP contribution is -2.46. The molecule has 4 heteroatoms. The molecule has 0 spiro atoms. The zero-order valence-electron chi connectivity index (χ0n) is 13.7. The number of halogens is 2. The standard InChI is InChI=1S/C20H23ClFNO/c21-18-4-1-3-17(11-18)13-23-10-2-9-20(14-23,15-24)12-16-5-7-19(22)8-6-16/h1,3-8,11,24H,2,9-10,12-15H2/t20-/m0/s1. The van der Waals surface area contributed by atoms with Gasteiger partial charge < -0.3 is 5.11 Å². The third-order valence-electron chi connectivity index (χ3n) is 4.86. The Balaban J connectivity index is 1.70. The van der Waals surface area contributed by atoms with Crippen molar-refractivity contribution < 1.29 is 9.50 Å². The Labute approximate surface area is 147 Å². The summed E-state index contributed by atoms with van der Waals surface area (Å²) in [5.41, 5.74) is 2.11. The van der Waals surface area contributed by atoms with E-state index in [1.807, 2.05) is 30.3 Å². The van der Waals surface area contributed by atoms with E-state index in [9.17, 15) is 9.50 Å². The van der Waals surface area contributed by atoms with E-state index in [2.05, 4.69) is 11.0 Å². The molecule has 0 aromatic heterocycles. The van der Waals surface area contributed by atoms with Gasteiger partial charge in [-0.2, -0.15) is 0 Å². The van der Waals surface area contributed by atoms with Gasteiger partial charge in [0, 0.05) is 23.5 Å². The molecule has 24 heavy (non-hydrogen) atoms. The van der Waals surface area contributed by atoms with Gasteiger partial charge in [-0.25, -0.2) is 4.39 Å². The number of hydrogen-bond acceptors (Lipinski definition) is 2. The van der Waals surface area contributed by atoms with Gasteiger partial charge in [0.1, 0.15) is 5.82 Å². The minimum Gasteiger partial charge on any atom is -0.396 e. The second kappa shape index (κ2) is 7.64. The van der Waals surface area contributed by atoms with Crippen LogP contribution < -0.4 is 0 Å². The fourth-order valence-electron chi connectivity index (χ4n) is 3.70. The van der Waals surface area contributed by atoms with Crippen molar-refractivity contribution in [2.75, 3.05) is 19.7 Å². The van der Waals surface area contributed by atoms with E-state index in [0.29, 0.717) is 0 Å². The molecule has 1 aliphatic rings. The van der Waals surface area contributed by atoms with Crippen LogP contribution in [0.15, 0.2) is 48.5 Å². The normalized spacial score (nSPS) is 21.8. The van der Waals surface area contributed by atoms with Crippen molar-refractivity contribution >= 4 is 11.6 Å². The maximum absolute atomic E-state index is 13.1. The Morgan fingerprint density at radius 1 is 1.12 bits per heavy atom. The fraction of sp³-hybridized carbons (Fsp3) is 0.400. The highest BCUT2D eigenvalue weighted by atomic mass is 35.5. The number of rotatable bonds is 5. The number of aliphatic hydroxyl groups excluding tert-OH is 1. The average molecular weight is 348 g/mol. The molecule has 1 heterocycles. The lowest BCUT2D eigenvalue weighted by molar-refractivity contribution is 0.0288. The van der Waals surface area contributed by atoms with Gasteiger partial charge in [-0.3, -0.25) is 4.90 Å². The fourth-order valence-corrected chi connectivity index (χ4v) is 3.92. The molecule has 1 atom stereocenters. The summed E-state index contributed by atoms with van der Waals surface area (Å²) in [5, 5.41) is 10.8. The molecule has 2 aromatic rings. The molecular weight excluding hydrogens is 325 g/mol. The Morgan fingerprint density at radius 3 is 2.62 bits per heavy atom. The van der Waals surface area contributed by atoms with Gasteiger partial charge >= 0.3 is 0 Å². The molecule has 1 fully saturated rings. The first-order valence-electron chi connectivity index (χ1n) is 8.41. The monoisotopic (exact) mass is 347 g/mol. The number of aliphatic hydroxyl groups is 1. The summed E-state index contributed by atoms with van der Waals surface area (Å²) in [6.45, 7) is 2.85. The number of nitrogens with zero attached hydrogens (tertiary/aromatic N) is 1. The Kier molecular flexibility index (Phi) is 5.54. The second-order valence-corrected chi connectivity index (χ2v) is 7.34. The highest BCUT2D eigenvalue weighted by Gasteiger charge is 2.35. The van der Waals surface area contributed by atoms with Crippen molar-refractivity contribution in [2.45, 2.75) is 25.8 Å². The highest BCUT2D eigenvalue weighted by molar-refractivity contribution is 6.30. The van der Waals surface area contributed by atoms with Crippen molar-refractivity contribution in [3.8, 4) is 0 Å². The summed E-state index contributed by atoms with van der Waals surface area (Å²) in [6.07, 6.45) is 2.82. The van der Waals surface area contributed by atoms with Gasteiger partial charge in [-0.15, -0.1) is 0 Å². The predicted molar refractivity (Wildman–Crippen MR) is 95.6 cm³/mol. The average Bonchev–Trinajstić information content (AvgIpc) is 2.57. The quantitative estimate of drug-likeness (QED) is 0.871. The first-order chi connectivity index (χ1) is 11.6. The van der Waals surface area contributed by atoms with Crippen LogP contribution in [0.1, 0.15) is 24.0 Å². The van der Waals surface area contributed by atoms with Crippen molar-refractivity contribution in [1.29, 1.82) is 0 Å². The minimum atomic E-state index is -0.219. The van der Waals surface area contributed by atoms with Crippen LogP contribution in [0.25, 0.3) is 0 Å². The molecule has 0 radical (unpaired) electrons. The molecule has 1 aliphatic heterocycles. The van der Waals surface area contributed by atoms with Crippen LogP contribution in [0.4, 0.5) is 4.39 Å². The summed E-state index contributed by atoms with van der Waals surface area (Å²) in [6, 6.07) is 14.6. The molecule has 0 bridgehead atoms. The molecule has 1 N–H and O–H groups in total. The van der Waals surface area contributed by atoms with Gasteiger partial charge in [0.05, 0.1) is 6.61 Å². The summed E-state index contributed by atoms with van der Waals surface area (Å²) < 4.78 is 13.1. The molecule has 0 amide bonds. The second-order valence-electron chi connectivity index (χ2n) is 6.91. The van der Waals surface area contributed by atoms with Crippen LogP contribution in [0, 0.1) is 11.2 Å². The zero-order chi connectivity index (χ0) is 17.0. The lowest BCUT2D eigenvalue weighted by atomic mass is 9.75. The summed E-state index contributed by atoms with van der Waals surface area (Å²) in [5.74, 6) is -0.219. The van der Waals surface area contributed by atoms with E-state index < -0.39 is 0 Å². The topological polar surface area (TPSA) is 23.5 Å². The summed E-state index contributed by atoms with van der Waals surface area (Å²) in [7, 11) is 0. The van der Waals surface area contributed by atoms with E-state index in [1.54, 1.807) is 0 Å². The lowest BCUT2D eigenvalue weighted by Gasteiger charge is -2.42. The predicted octanol–water partition coefficient (Wildman–Crippen LogP) is 4.30. The Morgan fingerprint density at radius 2 is 1.92 bits per heavy atom. The van der Waals surface area contributed by atoms with Gasteiger partial charge in [0.2, 0.25) is 0 Å². The SMILES string of the molecule is OC[C@]1(Cc2ccc(F)cc2)CCCN(Cc2cccc(Cl)c2)C1. The van der Waals surface area contributed by atoms with E-state index >= 15 is 0 Å². The first-order valence-corrected chi connectivity index (χ1v) is 8.78. The summed E-state index contributed by atoms with van der Waals surface area (Å²) in [4.78, 5) is 2.38. The van der Waals surface area contributed by atoms with Crippen LogP contribution in [-0.4, -0.2) is 29.7 Å². The van der Waals surface area contributed by atoms with E-state index in [4.69, 9.17) is 11.6 Å². The van der Waals surface area contributed by atoms with Crippen LogP contribution in [0.5, 0.6) is 0 Å². The smallest absolute Gasteiger partial charge is 0.123 e. The molecule has 3 rings (SSSR count). The molecule has 128 valence electrons. The Bertz CT molecular complexity index is 676. The van der Waals surface area contributed by atoms with Crippen LogP contribution >= 0.6 is 11.6 Å². The van der Waals surface area contributed by atoms with Crippen molar-refractivity contribution in [3.63, 3.8) is 0 Å². The molecule has 1 saturated heterocycles. The molecule has 0 aliphatic carbocycles. The zero-order valence-corrected chi connectivity index (χ0v) is 14.5. The van der Waals surface area contributed by atoms with Gasteiger partial charge in [0.15, 0.2) is 0 Å². The number of piperidine rings is 1. The van der Waals surface area contributed by atoms with Gasteiger partial charge in [0.25, 0.3) is 0 Å². The van der Waals surface area contributed by atoms with Gasteiger partial charge in [-0.05, 0) is 61.2 Å². The number of likely N-dealkylation sites (tertiary alicyclic amines) is 1. The van der Waals surface area contributed by atoms with E-state index in [0.717, 1.165) is 49.5 Å². The van der Waals surface area contributed by atoms with Crippen molar-refractivity contribution in [2.24, 2.45) is 5.41 Å².